The van der Waals surface area contributed by atoms with Gasteiger partial charge in [-0.05, 0) is 54.6 Å². The molecule has 5 heteroatoms. The Bertz CT molecular complexity index is 1050. The quantitative estimate of drug-likeness (QED) is 0.448. The molecule has 0 aliphatic carbocycles. The van der Waals surface area contributed by atoms with Crippen LogP contribution in [0.2, 0.25) is 0 Å². The Kier molecular flexibility index (Phi) is 4.11. The maximum absolute atomic E-state index is 10.3. The van der Waals surface area contributed by atoms with Gasteiger partial charge in [0.15, 0.2) is 0 Å². The van der Waals surface area contributed by atoms with Crippen LogP contribution in [0.3, 0.4) is 0 Å². The molecule has 128 valence electrons. The molecule has 0 aliphatic heterocycles. The summed E-state index contributed by atoms with van der Waals surface area (Å²) >= 11 is 0. The average molecular weight is 343 g/mol. The maximum atomic E-state index is 10.3. The van der Waals surface area contributed by atoms with Crippen LogP contribution in [0.1, 0.15) is 0 Å². The summed E-state index contributed by atoms with van der Waals surface area (Å²) in [5.41, 5.74) is 3.93. The molecule has 0 aliphatic rings. The van der Waals surface area contributed by atoms with E-state index in [9.17, 15) is 5.11 Å². The van der Waals surface area contributed by atoms with E-state index in [0.717, 1.165) is 28.0 Å². The summed E-state index contributed by atoms with van der Waals surface area (Å²) in [5, 5.41) is 19.8. The number of phenolic OH excluding ortho intramolecular Hbond substituents is 1. The van der Waals surface area contributed by atoms with Gasteiger partial charge >= 0.3 is 0 Å². The molecular weight excluding hydrogens is 326 g/mol. The minimum absolute atomic E-state index is 0.194. The highest BCUT2D eigenvalue weighted by atomic mass is 16.5. The number of H-pyrrole nitrogens is 1. The Hall–Kier alpha value is -3.60. The number of benzene rings is 3. The number of hydrogen-bond donors (Lipinski definition) is 2. The van der Waals surface area contributed by atoms with Gasteiger partial charge in [-0.2, -0.15) is 10.2 Å². The second-order valence-electron chi connectivity index (χ2n) is 5.87. The fourth-order valence-electron chi connectivity index (χ4n) is 2.78. The van der Waals surface area contributed by atoms with Crippen LogP contribution in [0.4, 0.5) is 11.4 Å². The largest absolute Gasteiger partial charge is 0.507 e. The van der Waals surface area contributed by atoms with Gasteiger partial charge < -0.3 is 14.8 Å². The van der Waals surface area contributed by atoms with Crippen molar-refractivity contribution in [3.05, 3.63) is 72.8 Å². The summed E-state index contributed by atoms with van der Waals surface area (Å²) in [7, 11) is 1.62. The number of fused-ring (bicyclic) bond motifs is 1. The van der Waals surface area contributed by atoms with E-state index in [4.69, 9.17) is 4.74 Å². The molecule has 0 atom stereocenters. The van der Waals surface area contributed by atoms with Crippen LogP contribution in [0.5, 0.6) is 11.5 Å². The first-order valence-corrected chi connectivity index (χ1v) is 8.20. The number of rotatable bonds is 4. The number of hydrogen-bond acceptors (Lipinski definition) is 4. The fourth-order valence-corrected chi connectivity index (χ4v) is 2.78. The topological polar surface area (TPSA) is 70.0 Å². The molecule has 1 heterocycles. The number of para-hydroxylation sites is 1. The highest BCUT2D eigenvalue weighted by Gasteiger charge is 2.09. The second-order valence-corrected chi connectivity index (χ2v) is 5.87. The van der Waals surface area contributed by atoms with Crippen LogP contribution in [0.15, 0.2) is 83.0 Å². The third-order valence-electron chi connectivity index (χ3n) is 4.15. The summed E-state index contributed by atoms with van der Waals surface area (Å²) in [5.74, 6) is 0.967. The molecule has 0 bridgehead atoms. The SMILES string of the molecule is COc1ccc(N=Nc2ccc(O)c(-c3cc4ccccc4[nH]3)c2)cc1. The lowest BCUT2D eigenvalue weighted by Crippen LogP contribution is -1.80. The van der Waals surface area contributed by atoms with Gasteiger partial charge in [-0.3, -0.25) is 0 Å². The fraction of sp³-hybridized carbons (Fsp3) is 0.0476. The van der Waals surface area contributed by atoms with Crippen molar-refractivity contribution in [2.24, 2.45) is 10.2 Å². The van der Waals surface area contributed by atoms with Gasteiger partial charge in [0.1, 0.15) is 11.5 Å². The van der Waals surface area contributed by atoms with E-state index in [0.29, 0.717) is 11.3 Å². The third kappa shape index (κ3) is 3.15. The van der Waals surface area contributed by atoms with E-state index in [1.165, 1.54) is 0 Å². The van der Waals surface area contributed by atoms with Gasteiger partial charge in [0.2, 0.25) is 0 Å². The zero-order valence-corrected chi connectivity index (χ0v) is 14.2. The van der Waals surface area contributed by atoms with E-state index in [1.54, 1.807) is 19.2 Å². The van der Waals surface area contributed by atoms with Crippen LogP contribution in [0, 0.1) is 0 Å². The van der Waals surface area contributed by atoms with Crippen LogP contribution in [-0.2, 0) is 0 Å². The van der Waals surface area contributed by atoms with Crippen LogP contribution < -0.4 is 4.74 Å². The van der Waals surface area contributed by atoms with E-state index in [1.807, 2.05) is 60.7 Å². The molecule has 4 aromatic rings. The summed E-state index contributed by atoms with van der Waals surface area (Å²) < 4.78 is 5.13. The minimum atomic E-state index is 0.194. The van der Waals surface area contributed by atoms with Gasteiger partial charge in [-0.15, -0.1) is 0 Å². The first kappa shape index (κ1) is 15.9. The molecule has 0 unspecified atom stereocenters. The molecular formula is C21H17N3O2. The number of aromatic nitrogens is 1. The Balaban J connectivity index is 1.66. The Morgan fingerprint density at radius 1 is 0.846 bits per heavy atom. The van der Waals surface area contributed by atoms with Crippen molar-refractivity contribution in [3.63, 3.8) is 0 Å². The number of aromatic amines is 1. The molecule has 4 rings (SSSR count). The predicted molar refractivity (Wildman–Crippen MR) is 103 cm³/mol. The van der Waals surface area contributed by atoms with Crippen molar-refractivity contribution < 1.29 is 9.84 Å². The van der Waals surface area contributed by atoms with E-state index in [-0.39, 0.29) is 5.75 Å². The second kappa shape index (κ2) is 6.72. The number of nitrogens with one attached hydrogen (secondary N) is 1. The van der Waals surface area contributed by atoms with Crippen molar-refractivity contribution in [1.82, 2.24) is 4.98 Å². The molecule has 1 aromatic heterocycles. The number of aromatic hydroxyl groups is 1. The van der Waals surface area contributed by atoms with Crippen LogP contribution >= 0.6 is 0 Å². The van der Waals surface area contributed by atoms with Gasteiger partial charge in [-0.25, -0.2) is 0 Å². The maximum Gasteiger partial charge on any atom is 0.125 e. The number of methoxy groups -OCH3 is 1. The highest BCUT2D eigenvalue weighted by Crippen LogP contribution is 2.34. The van der Waals surface area contributed by atoms with Gasteiger partial charge in [0.25, 0.3) is 0 Å². The zero-order valence-electron chi connectivity index (χ0n) is 14.2. The molecule has 0 saturated carbocycles. The van der Waals surface area contributed by atoms with E-state index < -0.39 is 0 Å². The minimum Gasteiger partial charge on any atom is -0.507 e. The van der Waals surface area contributed by atoms with Crippen molar-refractivity contribution in [3.8, 4) is 22.8 Å². The van der Waals surface area contributed by atoms with Gasteiger partial charge in [-0.1, -0.05) is 18.2 Å². The Morgan fingerprint density at radius 2 is 1.58 bits per heavy atom. The molecule has 0 amide bonds. The first-order valence-electron chi connectivity index (χ1n) is 8.20. The van der Waals surface area contributed by atoms with E-state index >= 15 is 0 Å². The van der Waals surface area contributed by atoms with Crippen molar-refractivity contribution >= 4 is 22.3 Å². The van der Waals surface area contributed by atoms with Crippen molar-refractivity contribution in [2.75, 3.05) is 7.11 Å². The summed E-state index contributed by atoms with van der Waals surface area (Å²) in [6.07, 6.45) is 0. The molecule has 0 spiro atoms. The van der Waals surface area contributed by atoms with E-state index in [2.05, 4.69) is 15.2 Å². The molecule has 26 heavy (non-hydrogen) atoms. The molecule has 0 fully saturated rings. The van der Waals surface area contributed by atoms with Gasteiger partial charge in [0.05, 0.1) is 24.2 Å². The number of ether oxygens (including phenoxy) is 1. The Morgan fingerprint density at radius 3 is 2.35 bits per heavy atom. The summed E-state index contributed by atoms with van der Waals surface area (Å²) in [6, 6.07) is 22.5. The van der Waals surface area contributed by atoms with Crippen LogP contribution in [0.25, 0.3) is 22.2 Å². The molecule has 2 N–H and O–H groups in total. The molecule has 3 aromatic carbocycles. The number of nitrogens with zero attached hydrogens (tertiary/aromatic N) is 2. The van der Waals surface area contributed by atoms with Crippen molar-refractivity contribution in [1.29, 1.82) is 0 Å². The predicted octanol–water partition coefficient (Wildman–Crippen LogP) is 5.96. The van der Waals surface area contributed by atoms with Crippen molar-refractivity contribution in [2.45, 2.75) is 0 Å². The normalized spacial score (nSPS) is 11.3. The highest BCUT2D eigenvalue weighted by molar-refractivity contribution is 5.87. The number of azo groups is 1. The standard InChI is InChI=1S/C21H17N3O2/c1-26-17-9-6-15(7-10-17)23-24-16-8-11-21(25)18(13-16)20-12-14-4-2-3-5-19(14)22-20/h2-13,22,25H,1H3. The summed E-state index contributed by atoms with van der Waals surface area (Å²) in [6.45, 7) is 0. The number of phenols is 1. The lowest BCUT2D eigenvalue weighted by Gasteiger charge is -2.03. The molecule has 5 nitrogen and oxygen atoms in total. The summed E-state index contributed by atoms with van der Waals surface area (Å²) in [4.78, 5) is 3.32. The third-order valence-corrected chi connectivity index (χ3v) is 4.15. The average Bonchev–Trinajstić information content (AvgIpc) is 3.11. The monoisotopic (exact) mass is 343 g/mol. The van der Waals surface area contributed by atoms with Gasteiger partial charge in [0, 0.05) is 16.5 Å². The first-order chi connectivity index (χ1) is 12.7. The zero-order chi connectivity index (χ0) is 17.9. The molecule has 0 saturated heterocycles. The lowest BCUT2D eigenvalue weighted by atomic mass is 10.1. The Labute approximate surface area is 150 Å². The molecule has 0 radical (unpaired) electrons. The smallest absolute Gasteiger partial charge is 0.125 e. The van der Waals surface area contributed by atoms with Crippen LogP contribution in [-0.4, -0.2) is 17.2 Å². The lowest BCUT2D eigenvalue weighted by molar-refractivity contribution is 0.415.